The van der Waals surface area contributed by atoms with E-state index in [1.807, 2.05) is 29.7 Å². The number of aromatic nitrogens is 4. The minimum Gasteiger partial charge on any atom is -0.395 e. The number of hydrogen-bond donors (Lipinski definition) is 2. The summed E-state index contributed by atoms with van der Waals surface area (Å²) in [7, 11) is 1.66. The number of fused-ring (bicyclic) bond motifs is 3. The lowest BCUT2D eigenvalue weighted by Gasteiger charge is -2.17. The lowest BCUT2D eigenvalue weighted by molar-refractivity contribution is -0.0980. The van der Waals surface area contributed by atoms with Crippen molar-refractivity contribution >= 4 is 40.0 Å². The van der Waals surface area contributed by atoms with Crippen molar-refractivity contribution in [1.29, 1.82) is 0 Å². The van der Waals surface area contributed by atoms with Crippen LogP contribution in [0.25, 0.3) is 27.5 Å². The molecule has 10 nitrogen and oxygen atoms in total. The Morgan fingerprint density at radius 2 is 2.14 bits per heavy atom. The van der Waals surface area contributed by atoms with Gasteiger partial charge in [0.05, 0.1) is 34.3 Å². The minimum atomic E-state index is -0.172. The van der Waals surface area contributed by atoms with E-state index in [1.165, 1.54) is 16.2 Å². The lowest BCUT2D eigenvalue weighted by Crippen LogP contribution is -2.29. The number of nitrogens with two attached hydrogens (primary N) is 1. The zero-order chi connectivity index (χ0) is 25.8. The molecule has 3 N–H and O–H groups in total. The van der Waals surface area contributed by atoms with E-state index in [4.69, 9.17) is 25.7 Å². The van der Waals surface area contributed by atoms with Gasteiger partial charge < -0.3 is 19.6 Å². The minimum absolute atomic E-state index is 0.0935. The van der Waals surface area contributed by atoms with Gasteiger partial charge in [-0.3, -0.25) is 9.78 Å². The summed E-state index contributed by atoms with van der Waals surface area (Å²) in [5.74, 6) is 5.23. The summed E-state index contributed by atoms with van der Waals surface area (Å²) < 4.78 is 2.59. The van der Waals surface area contributed by atoms with Crippen LogP contribution in [0.1, 0.15) is 21.6 Å². The van der Waals surface area contributed by atoms with Crippen LogP contribution in [-0.2, 0) is 17.6 Å². The molecule has 186 valence electrons. The molecule has 3 heterocycles. The van der Waals surface area contributed by atoms with Crippen molar-refractivity contribution in [2.75, 3.05) is 20.2 Å². The first-order chi connectivity index (χ1) is 17.5. The molecule has 1 aromatic carbocycles. The van der Waals surface area contributed by atoms with Gasteiger partial charge in [0.2, 0.25) is 0 Å². The van der Waals surface area contributed by atoms with Gasteiger partial charge in [-0.1, -0.05) is 11.3 Å². The number of nitrogens with zero attached hydrogens (tertiary/aromatic N) is 5. The summed E-state index contributed by atoms with van der Waals surface area (Å²) in [6.07, 6.45) is 5.06. The van der Waals surface area contributed by atoms with Crippen molar-refractivity contribution in [3.8, 4) is 32.7 Å². The lowest BCUT2D eigenvalue weighted by atomic mass is 9.95. The molecule has 0 aliphatic heterocycles. The van der Waals surface area contributed by atoms with Crippen LogP contribution in [0, 0.1) is 0 Å². The predicted octanol–water partition coefficient (Wildman–Crippen LogP) is 3.05. The van der Waals surface area contributed by atoms with Crippen LogP contribution >= 0.6 is 27.3 Å². The second kappa shape index (κ2) is 11.1. The Kier molecular flexibility index (Phi) is 7.89. The average molecular weight is 571 g/mol. The number of aliphatic hydroxyl groups is 1. The van der Waals surface area contributed by atoms with Gasteiger partial charge in [-0.25, -0.2) is 9.67 Å². The molecule has 0 radical (unpaired) electrons. The highest BCUT2D eigenvalue weighted by atomic mass is 79.9. The monoisotopic (exact) mass is 570 g/mol. The molecule has 5 rings (SSSR count). The predicted molar refractivity (Wildman–Crippen MR) is 139 cm³/mol. The fourth-order valence-corrected chi connectivity index (χ4v) is 5.59. The first-order valence-corrected chi connectivity index (χ1v) is 12.5. The number of rotatable bonds is 6. The van der Waals surface area contributed by atoms with Crippen molar-refractivity contribution in [2.45, 2.75) is 12.8 Å². The molecule has 0 fully saturated rings. The molecule has 3 aromatic heterocycles. The van der Waals surface area contributed by atoms with E-state index < -0.39 is 0 Å². The number of thiazole rings is 1. The van der Waals surface area contributed by atoms with Gasteiger partial charge in [0.1, 0.15) is 6.79 Å². The maximum atomic E-state index is 12.7. The number of halogens is 1. The molecule has 1 aliphatic carbocycles. The number of hydrogen-bond acceptors (Lipinski definition) is 9. The summed E-state index contributed by atoms with van der Waals surface area (Å²) >= 11 is 5.03. The molecule has 0 saturated carbocycles. The largest absolute Gasteiger partial charge is 0.395 e. The molecule has 1 aliphatic rings. The van der Waals surface area contributed by atoms with Crippen LogP contribution in [0.4, 0.5) is 0 Å². The van der Waals surface area contributed by atoms with Gasteiger partial charge in [-0.05, 0) is 59.1 Å². The van der Waals surface area contributed by atoms with Crippen LogP contribution in [-0.4, -0.2) is 62.7 Å². The SMILES string of the molecule is C=O.CN(CCO)C(=O)c1ccc(-n2nc(-c3cccnc3)c3c2-c2sc(ON)nc2CC3)c(Br)c1. The molecule has 0 spiro atoms. The second-order valence-corrected chi connectivity index (χ2v) is 9.64. The summed E-state index contributed by atoms with van der Waals surface area (Å²) in [6.45, 7) is 2.17. The highest BCUT2D eigenvalue weighted by Crippen LogP contribution is 2.45. The smallest absolute Gasteiger partial charge is 0.294 e. The van der Waals surface area contributed by atoms with Gasteiger partial charge in [-0.2, -0.15) is 11.0 Å². The first kappa shape index (κ1) is 25.6. The normalized spacial score (nSPS) is 11.7. The van der Waals surface area contributed by atoms with E-state index in [-0.39, 0.29) is 19.1 Å². The van der Waals surface area contributed by atoms with E-state index in [9.17, 15) is 4.79 Å². The van der Waals surface area contributed by atoms with Crippen LogP contribution in [0.3, 0.4) is 0 Å². The van der Waals surface area contributed by atoms with Crippen LogP contribution in [0.15, 0.2) is 47.2 Å². The van der Waals surface area contributed by atoms with Crippen LogP contribution in [0.2, 0.25) is 0 Å². The third-order valence-corrected chi connectivity index (χ3v) is 7.36. The number of aryl methyl sites for hydroxylation is 1. The van der Waals surface area contributed by atoms with E-state index >= 15 is 0 Å². The number of amides is 1. The Morgan fingerprint density at radius 1 is 1.33 bits per heavy atom. The van der Waals surface area contributed by atoms with Gasteiger partial charge in [0.15, 0.2) is 0 Å². The number of carbonyl (C=O) groups is 2. The molecular formula is C24H23BrN6O4S. The summed E-state index contributed by atoms with van der Waals surface area (Å²) in [5, 5.41) is 14.5. The van der Waals surface area contributed by atoms with Crippen molar-refractivity contribution in [2.24, 2.45) is 5.90 Å². The number of likely N-dealkylation sites (N-methyl/N-ethyl adjacent to an activating group) is 1. The number of aliphatic hydroxyl groups excluding tert-OH is 1. The summed E-state index contributed by atoms with van der Waals surface area (Å²) in [5.41, 5.74) is 6.02. The average Bonchev–Trinajstić information content (AvgIpc) is 3.51. The second-order valence-electron chi connectivity index (χ2n) is 7.82. The zero-order valence-corrected chi connectivity index (χ0v) is 21.8. The van der Waals surface area contributed by atoms with Crippen LogP contribution in [0.5, 0.6) is 5.19 Å². The van der Waals surface area contributed by atoms with Gasteiger partial charge >= 0.3 is 0 Å². The maximum Gasteiger partial charge on any atom is 0.294 e. The molecule has 0 unspecified atom stereocenters. The first-order valence-electron chi connectivity index (χ1n) is 10.9. The maximum absolute atomic E-state index is 12.7. The van der Waals surface area contributed by atoms with E-state index in [0.717, 1.165) is 51.6 Å². The molecular weight excluding hydrogens is 548 g/mol. The topological polar surface area (TPSA) is 136 Å². The highest BCUT2D eigenvalue weighted by Gasteiger charge is 2.30. The Hall–Kier alpha value is -3.45. The zero-order valence-electron chi connectivity index (χ0n) is 19.3. The standard InChI is InChI=1S/C23H21BrN6O3S.CH2O/c1-29(9-10-31)22(32)13-4-7-18(16(24)11-13)30-20-15(19(28-30)14-3-2-8-26-12-14)5-6-17-21(20)34-23(27-17)33-25;1-2/h2-4,7-8,11-12,31H,5-6,9-10,25H2,1H3;1H2. The van der Waals surface area contributed by atoms with Crippen molar-refractivity contribution in [3.63, 3.8) is 0 Å². The molecule has 12 heteroatoms. The van der Waals surface area contributed by atoms with Crippen molar-refractivity contribution < 1.29 is 19.5 Å². The Morgan fingerprint density at radius 3 is 2.81 bits per heavy atom. The third kappa shape index (κ3) is 4.67. The third-order valence-electron chi connectivity index (χ3n) is 5.73. The van der Waals surface area contributed by atoms with E-state index in [0.29, 0.717) is 15.2 Å². The Bertz CT molecular complexity index is 1390. The van der Waals surface area contributed by atoms with E-state index in [2.05, 4.69) is 25.9 Å². The fourth-order valence-electron chi connectivity index (χ4n) is 4.09. The number of carbonyl (C=O) groups excluding carboxylic acids is 2. The Labute approximate surface area is 219 Å². The molecule has 36 heavy (non-hydrogen) atoms. The van der Waals surface area contributed by atoms with Gasteiger partial charge in [0.25, 0.3) is 11.1 Å². The fraction of sp³-hybridized carbons (Fsp3) is 0.208. The van der Waals surface area contributed by atoms with Crippen molar-refractivity contribution in [1.82, 2.24) is 24.6 Å². The van der Waals surface area contributed by atoms with Gasteiger partial charge in [0, 0.05) is 47.1 Å². The molecule has 1 amide bonds. The van der Waals surface area contributed by atoms with Crippen LogP contribution < -0.4 is 10.7 Å². The summed E-state index contributed by atoms with van der Waals surface area (Å²) in [6, 6.07) is 9.28. The molecule has 0 atom stereocenters. The number of benzene rings is 1. The highest BCUT2D eigenvalue weighted by molar-refractivity contribution is 9.10. The quantitative estimate of drug-likeness (QED) is 0.337. The van der Waals surface area contributed by atoms with Crippen molar-refractivity contribution in [3.05, 3.63) is 64.0 Å². The number of pyridine rings is 1. The summed E-state index contributed by atoms with van der Waals surface area (Å²) in [4.78, 5) is 36.8. The Balaban J connectivity index is 0.00000148. The molecule has 0 bridgehead atoms. The van der Waals surface area contributed by atoms with E-state index in [1.54, 1.807) is 31.6 Å². The van der Waals surface area contributed by atoms with Gasteiger partial charge in [-0.15, -0.1) is 0 Å². The molecule has 0 saturated heterocycles. The molecule has 4 aromatic rings.